The molecule has 3 saturated heterocycles. The van der Waals surface area contributed by atoms with Crippen LogP contribution in [0.15, 0.2) is 24.3 Å². The van der Waals surface area contributed by atoms with Crippen LogP contribution in [0.4, 0.5) is 0 Å². The molecule has 5 nitrogen and oxygen atoms in total. The summed E-state index contributed by atoms with van der Waals surface area (Å²) < 4.78 is 11.1. The van der Waals surface area contributed by atoms with E-state index in [2.05, 4.69) is 4.90 Å². The fourth-order valence-corrected chi connectivity index (χ4v) is 3.84. The van der Waals surface area contributed by atoms with Crippen LogP contribution >= 0.6 is 0 Å². The largest absolute Gasteiger partial charge is 0.490 e. The summed E-state index contributed by atoms with van der Waals surface area (Å²) in [7, 11) is 0. The predicted molar refractivity (Wildman–Crippen MR) is 107 cm³/mol. The van der Waals surface area contributed by atoms with Gasteiger partial charge in [0.1, 0.15) is 18.0 Å². The highest BCUT2D eigenvalue weighted by Gasteiger charge is 2.46. The van der Waals surface area contributed by atoms with Gasteiger partial charge in [-0.1, -0.05) is 12.2 Å². The second kappa shape index (κ2) is 8.74. The Hall–Kier alpha value is -1.79. The van der Waals surface area contributed by atoms with Crippen molar-refractivity contribution in [2.24, 2.45) is 5.92 Å². The van der Waals surface area contributed by atoms with E-state index in [1.54, 1.807) is 25.1 Å². The molecule has 0 amide bonds. The van der Waals surface area contributed by atoms with Crippen molar-refractivity contribution in [1.82, 2.24) is 4.90 Å². The van der Waals surface area contributed by atoms with Gasteiger partial charge in [-0.25, -0.2) is 4.79 Å². The average Bonchev–Trinajstić information content (AvgIpc) is 2.62. The maximum absolute atomic E-state index is 11.9. The Morgan fingerprint density at radius 1 is 1.38 bits per heavy atom. The average molecular weight is 359 g/mol. The van der Waals surface area contributed by atoms with Gasteiger partial charge in [0.15, 0.2) is 0 Å². The molecular weight excluding hydrogens is 329 g/mol. The molecule has 6 heteroatoms. The molecule has 1 aromatic rings. The van der Waals surface area contributed by atoms with Crippen molar-refractivity contribution in [2.45, 2.75) is 32.3 Å². The van der Waals surface area contributed by atoms with E-state index in [9.17, 15) is 9.90 Å². The van der Waals surface area contributed by atoms with E-state index in [-0.39, 0.29) is 21.0 Å². The second-order valence-corrected chi connectivity index (χ2v) is 6.92. The van der Waals surface area contributed by atoms with Gasteiger partial charge in [-0.05, 0) is 63.9 Å². The van der Waals surface area contributed by atoms with Gasteiger partial charge in [-0.3, -0.25) is 0 Å². The Morgan fingerprint density at radius 2 is 2.12 bits per heavy atom. The molecule has 0 spiro atoms. The smallest absolute Gasteiger partial charge is 0.338 e. The lowest BCUT2D eigenvalue weighted by molar-refractivity contribution is -0.131. The molecule has 3 aliphatic rings. The number of carbonyl (C=O) groups is 1. The van der Waals surface area contributed by atoms with E-state index in [1.165, 1.54) is 0 Å². The van der Waals surface area contributed by atoms with Crippen molar-refractivity contribution in [3.8, 4) is 5.75 Å². The molecule has 0 aliphatic carbocycles. The first-order chi connectivity index (χ1) is 12.1. The first kappa shape index (κ1) is 20.5. The number of esters is 1. The summed E-state index contributed by atoms with van der Waals surface area (Å²) in [5.74, 6) is 0.647. The van der Waals surface area contributed by atoms with Gasteiger partial charge in [0.05, 0.1) is 20.6 Å². The van der Waals surface area contributed by atoms with E-state index in [0.717, 1.165) is 31.5 Å². The standard InChI is InChI=1S/C20H27NO4.BH3/c1-3-5-15-12-16(19(22)24-4-2)6-7-18(15)25-14-20(23)13-21-10-8-17(20)9-11-21;/h3,5-7,12,17,23H,4,8-11,13-14H2,1-2H3;1H3. The van der Waals surface area contributed by atoms with E-state index in [1.807, 2.05) is 19.1 Å². The number of hydrogen-bond donors (Lipinski definition) is 1. The number of rotatable bonds is 6. The van der Waals surface area contributed by atoms with Crippen molar-refractivity contribution in [3.05, 3.63) is 35.4 Å². The Balaban J connectivity index is 0.00000243. The zero-order valence-corrected chi connectivity index (χ0v) is 15.0. The summed E-state index contributed by atoms with van der Waals surface area (Å²) in [5.41, 5.74) is 0.533. The van der Waals surface area contributed by atoms with Crippen molar-refractivity contribution in [2.75, 3.05) is 32.8 Å². The number of nitrogens with zero attached hydrogens (tertiary/aromatic N) is 1. The van der Waals surface area contributed by atoms with Crippen LogP contribution in [0.2, 0.25) is 0 Å². The summed E-state index contributed by atoms with van der Waals surface area (Å²) in [6.45, 7) is 7.16. The summed E-state index contributed by atoms with van der Waals surface area (Å²) in [5, 5.41) is 11.0. The van der Waals surface area contributed by atoms with Gasteiger partial charge < -0.3 is 19.5 Å². The van der Waals surface area contributed by atoms with Crippen molar-refractivity contribution in [1.29, 1.82) is 0 Å². The first-order valence-electron chi connectivity index (χ1n) is 9.07. The maximum Gasteiger partial charge on any atom is 0.338 e. The molecule has 3 fully saturated rings. The normalized spacial score (nSPS) is 27.2. The number of benzene rings is 1. The second-order valence-electron chi connectivity index (χ2n) is 6.92. The third kappa shape index (κ3) is 4.30. The van der Waals surface area contributed by atoms with Crippen molar-refractivity contribution in [3.63, 3.8) is 0 Å². The number of aliphatic hydroxyl groups is 1. The van der Waals surface area contributed by atoms with Crippen LogP contribution < -0.4 is 4.74 Å². The van der Waals surface area contributed by atoms with E-state index in [0.29, 0.717) is 30.4 Å². The Bertz CT molecular complexity index is 655. The monoisotopic (exact) mass is 359 g/mol. The molecule has 2 bridgehead atoms. The molecule has 0 radical (unpaired) electrons. The number of fused-ring (bicyclic) bond motifs is 3. The molecule has 0 aromatic heterocycles. The van der Waals surface area contributed by atoms with E-state index in [4.69, 9.17) is 9.47 Å². The molecule has 0 saturated carbocycles. The highest BCUT2D eigenvalue weighted by molar-refractivity contribution is 5.90. The molecule has 4 rings (SSSR count). The lowest BCUT2D eigenvalue weighted by atomic mass is 9.76. The van der Waals surface area contributed by atoms with Gasteiger partial charge in [0.25, 0.3) is 0 Å². The fraction of sp³-hybridized carbons (Fsp3) is 0.550. The minimum Gasteiger partial charge on any atom is -0.490 e. The van der Waals surface area contributed by atoms with Crippen LogP contribution in [0.25, 0.3) is 6.08 Å². The number of allylic oxidation sites excluding steroid dienone is 1. The molecule has 3 heterocycles. The Labute approximate surface area is 157 Å². The summed E-state index contributed by atoms with van der Waals surface area (Å²) in [6.07, 6.45) is 5.87. The first-order valence-corrected chi connectivity index (χ1v) is 9.07. The Kier molecular flexibility index (Phi) is 6.90. The van der Waals surface area contributed by atoms with Crippen LogP contribution in [-0.4, -0.2) is 62.8 Å². The van der Waals surface area contributed by atoms with Gasteiger partial charge in [-0.2, -0.15) is 0 Å². The zero-order chi connectivity index (χ0) is 17.9. The maximum atomic E-state index is 11.9. The Morgan fingerprint density at radius 3 is 2.69 bits per heavy atom. The molecule has 3 aliphatic heterocycles. The van der Waals surface area contributed by atoms with Crippen LogP contribution in [0.1, 0.15) is 42.6 Å². The summed E-state index contributed by atoms with van der Waals surface area (Å²) in [6, 6.07) is 5.26. The zero-order valence-electron chi connectivity index (χ0n) is 15.0. The van der Waals surface area contributed by atoms with Crippen molar-refractivity contribution >= 4 is 20.5 Å². The third-order valence-electron chi connectivity index (χ3n) is 5.19. The van der Waals surface area contributed by atoms with E-state index >= 15 is 0 Å². The molecule has 1 N–H and O–H groups in total. The molecule has 1 atom stereocenters. The van der Waals surface area contributed by atoms with E-state index < -0.39 is 5.60 Å². The van der Waals surface area contributed by atoms with Gasteiger partial charge in [0.2, 0.25) is 0 Å². The summed E-state index contributed by atoms with van der Waals surface area (Å²) in [4.78, 5) is 14.2. The molecule has 1 unspecified atom stereocenters. The van der Waals surface area contributed by atoms with Gasteiger partial charge in [-0.15, -0.1) is 0 Å². The minimum atomic E-state index is -0.788. The quantitative estimate of drug-likeness (QED) is 0.617. The molecule has 1 aromatic carbocycles. The van der Waals surface area contributed by atoms with Crippen molar-refractivity contribution < 1.29 is 19.4 Å². The molecule has 26 heavy (non-hydrogen) atoms. The van der Waals surface area contributed by atoms with Gasteiger partial charge in [0, 0.05) is 12.1 Å². The highest BCUT2D eigenvalue weighted by Crippen LogP contribution is 2.36. The highest BCUT2D eigenvalue weighted by atomic mass is 16.5. The topological polar surface area (TPSA) is 59.0 Å². The van der Waals surface area contributed by atoms with Crippen LogP contribution in [0, 0.1) is 5.92 Å². The van der Waals surface area contributed by atoms with Crippen LogP contribution in [0.5, 0.6) is 5.75 Å². The number of carbonyl (C=O) groups excluding carboxylic acids is 1. The predicted octanol–water partition coefficient (Wildman–Crippen LogP) is 1.55. The summed E-state index contributed by atoms with van der Waals surface area (Å²) >= 11 is 0. The number of hydrogen-bond acceptors (Lipinski definition) is 5. The third-order valence-corrected chi connectivity index (χ3v) is 5.19. The van der Waals surface area contributed by atoms with Crippen LogP contribution in [0.3, 0.4) is 0 Å². The molecule has 142 valence electrons. The lowest BCUT2D eigenvalue weighted by Gasteiger charge is -2.50. The minimum absolute atomic E-state index is 0. The van der Waals surface area contributed by atoms with Gasteiger partial charge >= 0.3 is 5.97 Å². The molecular formula is C20H30BNO4. The SMILES string of the molecule is B.CC=Cc1cc(C(=O)OCC)ccc1OCC1(O)CN2CCC1CC2. The lowest BCUT2D eigenvalue weighted by Crippen LogP contribution is -2.61. The number of piperidine rings is 3. The fourth-order valence-electron chi connectivity index (χ4n) is 3.84. The van der Waals surface area contributed by atoms with Crippen LogP contribution in [-0.2, 0) is 4.74 Å². The number of ether oxygens (including phenoxy) is 2.